The molecule has 2 aliphatic heterocycles. The van der Waals surface area contributed by atoms with Crippen LogP contribution in [0.25, 0.3) is 0 Å². The van der Waals surface area contributed by atoms with E-state index in [0.717, 1.165) is 26.2 Å². The molecule has 0 radical (unpaired) electrons. The zero-order chi connectivity index (χ0) is 14.5. The lowest BCUT2D eigenvalue weighted by molar-refractivity contribution is -0.131. The molecule has 0 atom stereocenters. The minimum atomic E-state index is 0.299. The number of hydrogen-bond donors (Lipinski definition) is 1. The van der Waals surface area contributed by atoms with Crippen molar-refractivity contribution in [2.45, 2.75) is 25.3 Å². The highest BCUT2D eigenvalue weighted by Gasteiger charge is 2.23. The molecule has 116 valence electrons. The molecule has 2 saturated heterocycles. The molecule has 0 aromatic heterocycles. The van der Waals surface area contributed by atoms with E-state index in [9.17, 15) is 4.79 Å². The van der Waals surface area contributed by atoms with Crippen LogP contribution >= 0.6 is 0 Å². The van der Waals surface area contributed by atoms with Gasteiger partial charge in [0.25, 0.3) is 0 Å². The molecule has 0 aromatic rings. The number of carbonyl (C=O) groups excluding carboxylic acids is 1. The Bertz CT molecular complexity index is 311. The fourth-order valence-corrected chi connectivity index (χ4v) is 2.95. The standard InChI is InChI=1S/C15H30N4O/c1-17-6-4-14(5-7-17)18(2)8-9-19(3)15(20)10-13-11-16-12-13/h13-14,16H,4-12H2,1-3H3. The molecule has 20 heavy (non-hydrogen) atoms. The van der Waals surface area contributed by atoms with Crippen molar-refractivity contribution in [3.05, 3.63) is 0 Å². The molecule has 0 bridgehead atoms. The molecular weight excluding hydrogens is 252 g/mol. The topological polar surface area (TPSA) is 38.8 Å². The van der Waals surface area contributed by atoms with Gasteiger partial charge < -0.3 is 20.0 Å². The zero-order valence-electron chi connectivity index (χ0n) is 13.3. The Morgan fingerprint density at radius 3 is 2.40 bits per heavy atom. The average molecular weight is 282 g/mol. The third-order valence-corrected chi connectivity index (χ3v) is 4.85. The highest BCUT2D eigenvalue weighted by atomic mass is 16.2. The van der Waals surface area contributed by atoms with Gasteiger partial charge in [0.15, 0.2) is 0 Å². The Morgan fingerprint density at radius 1 is 1.20 bits per heavy atom. The van der Waals surface area contributed by atoms with Crippen LogP contribution in [0.2, 0.25) is 0 Å². The first-order valence-corrected chi connectivity index (χ1v) is 7.89. The quantitative estimate of drug-likeness (QED) is 0.749. The first-order chi connectivity index (χ1) is 9.56. The summed E-state index contributed by atoms with van der Waals surface area (Å²) in [7, 11) is 6.33. The summed E-state index contributed by atoms with van der Waals surface area (Å²) in [4.78, 5) is 18.8. The van der Waals surface area contributed by atoms with Crippen LogP contribution in [0.15, 0.2) is 0 Å². The molecule has 2 aliphatic rings. The minimum Gasteiger partial charge on any atom is -0.344 e. The molecular formula is C15H30N4O. The van der Waals surface area contributed by atoms with Crippen molar-refractivity contribution >= 4 is 5.91 Å². The van der Waals surface area contributed by atoms with Gasteiger partial charge in [0.05, 0.1) is 0 Å². The molecule has 1 N–H and O–H groups in total. The Kier molecular flexibility index (Phi) is 5.81. The van der Waals surface area contributed by atoms with E-state index in [0.29, 0.717) is 24.3 Å². The van der Waals surface area contributed by atoms with Gasteiger partial charge in [-0.05, 0) is 59.0 Å². The van der Waals surface area contributed by atoms with Crippen molar-refractivity contribution in [3.8, 4) is 0 Å². The van der Waals surface area contributed by atoms with Gasteiger partial charge >= 0.3 is 0 Å². The number of hydrogen-bond acceptors (Lipinski definition) is 4. The van der Waals surface area contributed by atoms with Crippen LogP contribution in [-0.4, -0.2) is 87.1 Å². The summed E-state index contributed by atoms with van der Waals surface area (Å²) in [5.41, 5.74) is 0. The van der Waals surface area contributed by atoms with Crippen LogP contribution in [0.1, 0.15) is 19.3 Å². The molecule has 0 saturated carbocycles. The third kappa shape index (κ3) is 4.43. The van der Waals surface area contributed by atoms with E-state index in [-0.39, 0.29) is 0 Å². The van der Waals surface area contributed by atoms with Crippen LogP contribution in [-0.2, 0) is 4.79 Å². The van der Waals surface area contributed by atoms with E-state index in [1.807, 2.05) is 11.9 Å². The molecule has 0 unspecified atom stereocenters. The van der Waals surface area contributed by atoms with Crippen LogP contribution in [0.4, 0.5) is 0 Å². The lowest BCUT2D eigenvalue weighted by Gasteiger charge is -2.36. The van der Waals surface area contributed by atoms with Gasteiger partial charge in [0.2, 0.25) is 5.91 Å². The predicted octanol–water partition coefficient (Wildman–Crippen LogP) is 0.0803. The number of piperidine rings is 1. The first-order valence-electron chi connectivity index (χ1n) is 7.89. The summed E-state index contributed by atoms with van der Waals surface area (Å²) in [6, 6.07) is 0.686. The molecule has 2 rings (SSSR count). The molecule has 0 spiro atoms. The largest absolute Gasteiger partial charge is 0.344 e. The fraction of sp³-hybridized carbons (Fsp3) is 0.933. The summed E-state index contributed by atoms with van der Waals surface area (Å²) in [6.45, 7) is 6.24. The summed E-state index contributed by atoms with van der Waals surface area (Å²) >= 11 is 0. The van der Waals surface area contributed by atoms with Gasteiger partial charge in [-0.1, -0.05) is 0 Å². The second-order valence-electron chi connectivity index (χ2n) is 6.56. The van der Waals surface area contributed by atoms with Crippen LogP contribution in [0.5, 0.6) is 0 Å². The van der Waals surface area contributed by atoms with Crippen molar-refractivity contribution in [1.29, 1.82) is 0 Å². The van der Waals surface area contributed by atoms with Crippen molar-refractivity contribution in [1.82, 2.24) is 20.0 Å². The van der Waals surface area contributed by atoms with Gasteiger partial charge in [-0.25, -0.2) is 0 Å². The number of likely N-dealkylation sites (N-methyl/N-ethyl adjacent to an activating group) is 2. The fourth-order valence-electron chi connectivity index (χ4n) is 2.95. The SMILES string of the molecule is CN1CCC(N(C)CCN(C)C(=O)CC2CNC2)CC1. The first kappa shape index (κ1) is 15.7. The van der Waals surface area contributed by atoms with E-state index < -0.39 is 0 Å². The maximum atomic E-state index is 12.1. The summed E-state index contributed by atoms with van der Waals surface area (Å²) in [6.07, 6.45) is 3.21. The monoisotopic (exact) mass is 282 g/mol. The Morgan fingerprint density at radius 2 is 1.85 bits per heavy atom. The molecule has 2 heterocycles. The van der Waals surface area contributed by atoms with Gasteiger partial charge in [-0.15, -0.1) is 0 Å². The smallest absolute Gasteiger partial charge is 0.222 e. The van der Waals surface area contributed by atoms with E-state index in [1.165, 1.54) is 25.9 Å². The molecule has 1 amide bonds. The summed E-state index contributed by atoms with van der Waals surface area (Å²) in [5.74, 6) is 0.866. The van der Waals surface area contributed by atoms with Gasteiger partial charge in [-0.3, -0.25) is 4.79 Å². The second kappa shape index (κ2) is 7.38. The van der Waals surface area contributed by atoms with Gasteiger partial charge in [0, 0.05) is 32.6 Å². The van der Waals surface area contributed by atoms with Gasteiger partial charge in [0.1, 0.15) is 0 Å². The Labute approximate surface area is 123 Å². The lowest BCUT2D eigenvalue weighted by Crippen LogP contribution is -2.47. The summed E-state index contributed by atoms with van der Waals surface area (Å²) in [5, 5.41) is 3.22. The number of nitrogens with zero attached hydrogens (tertiary/aromatic N) is 3. The number of nitrogens with one attached hydrogen (secondary N) is 1. The second-order valence-corrected chi connectivity index (χ2v) is 6.56. The minimum absolute atomic E-state index is 0.299. The van der Waals surface area contributed by atoms with E-state index in [4.69, 9.17) is 0 Å². The number of likely N-dealkylation sites (tertiary alicyclic amines) is 1. The van der Waals surface area contributed by atoms with Crippen molar-refractivity contribution in [2.24, 2.45) is 5.92 Å². The highest BCUT2D eigenvalue weighted by molar-refractivity contribution is 5.76. The van der Waals surface area contributed by atoms with Crippen molar-refractivity contribution in [3.63, 3.8) is 0 Å². The number of amides is 1. The number of rotatable bonds is 6. The van der Waals surface area contributed by atoms with Crippen molar-refractivity contribution < 1.29 is 4.79 Å². The Hall–Kier alpha value is -0.650. The number of carbonyl (C=O) groups is 1. The lowest BCUT2D eigenvalue weighted by atomic mass is 9.99. The molecule has 0 aromatic carbocycles. The van der Waals surface area contributed by atoms with Crippen LogP contribution in [0, 0.1) is 5.92 Å². The van der Waals surface area contributed by atoms with Gasteiger partial charge in [-0.2, -0.15) is 0 Å². The maximum Gasteiger partial charge on any atom is 0.222 e. The van der Waals surface area contributed by atoms with Crippen molar-refractivity contribution in [2.75, 3.05) is 60.4 Å². The Balaban J connectivity index is 1.64. The molecule has 0 aliphatic carbocycles. The highest BCUT2D eigenvalue weighted by Crippen LogP contribution is 2.14. The van der Waals surface area contributed by atoms with E-state index in [2.05, 4.69) is 29.2 Å². The molecule has 2 fully saturated rings. The predicted molar refractivity (Wildman–Crippen MR) is 81.8 cm³/mol. The van der Waals surface area contributed by atoms with Crippen LogP contribution in [0.3, 0.4) is 0 Å². The summed E-state index contributed by atoms with van der Waals surface area (Å²) < 4.78 is 0. The van der Waals surface area contributed by atoms with E-state index >= 15 is 0 Å². The zero-order valence-corrected chi connectivity index (χ0v) is 13.3. The average Bonchev–Trinajstić information content (AvgIpc) is 2.40. The maximum absolute atomic E-state index is 12.1. The molecule has 5 heteroatoms. The van der Waals surface area contributed by atoms with Crippen LogP contribution < -0.4 is 5.32 Å². The third-order valence-electron chi connectivity index (χ3n) is 4.85. The van der Waals surface area contributed by atoms with E-state index in [1.54, 1.807) is 0 Å². The normalized spacial score (nSPS) is 22.0. The molecule has 5 nitrogen and oxygen atoms in total.